The molecule has 0 aromatic carbocycles. The van der Waals surface area contributed by atoms with Crippen molar-refractivity contribution in [3.8, 4) is 0 Å². The summed E-state index contributed by atoms with van der Waals surface area (Å²) in [5, 5.41) is 0. The number of carbonyl (C=O) groups excluding carboxylic acids is 2. The van der Waals surface area contributed by atoms with Crippen LogP contribution in [-0.4, -0.2) is 30.3 Å². The highest BCUT2D eigenvalue weighted by Gasteiger charge is 2.41. The second-order valence-electron chi connectivity index (χ2n) is 4.67. The molecule has 1 saturated carbocycles. The van der Waals surface area contributed by atoms with E-state index in [-0.39, 0.29) is 11.8 Å². The highest BCUT2D eigenvalue weighted by molar-refractivity contribution is 5.88. The SMILES string of the molecule is NCCCN(C=O)C(=O)C1CC2C=CC1C2. The molecule has 0 aromatic heterocycles. The summed E-state index contributed by atoms with van der Waals surface area (Å²) in [5.41, 5.74) is 5.38. The first-order valence-corrected chi connectivity index (χ1v) is 5.90. The van der Waals surface area contributed by atoms with Crippen LogP contribution >= 0.6 is 0 Å². The molecule has 1 fully saturated rings. The van der Waals surface area contributed by atoms with Crippen molar-refractivity contribution < 1.29 is 9.59 Å². The molecule has 2 aliphatic carbocycles. The molecule has 0 radical (unpaired) electrons. The summed E-state index contributed by atoms with van der Waals surface area (Å²) < 4.78 is 0. The van der Waals surface area contributed by atoms with Gasteiger partial charge in [-0.15, -0.1) is 0 Å². The predicted octanol–water partition coefficient (Wildman–Crippen LogP) is 0.532. The maximum Gasteiger partial charge on any atom is 0.232 e. The lowest BCUT2D eigenvalue weighted by atomic mass is 9.92. The lowest BCUT2D eigenvalue weighted by Crippen LogP contribution is -2.38. The maximum absolute atomic E-state index is 12.1. The van der Waals surface area contributed by atoms with E-state index in [1.165, 1.54) is 4.90 Å². The number of allylic oxidation sites excluding steroid dienone is 2. The van der Waals surface area contributed by atoms with Gasteiger partial charge in [-0.25, -0.2) is 0 Å². The molecule has 2 aliphatic rings. The minimum atomic E-state index is -0.0136. The molecule has 16 heavy (non-hydrogen) atoms. The van der Waals surface area contributed by atoms with Gasteiger partial charge in [0.15, 0.2) is 0 Å². The van der Waals surface area contributed by atoms with Gasteiger partial charge in [0.25, 0.3) is 0 Å². The van der Waals surface area contributed by atoms with E-state index < -0.39 is 0 Å². The van der Waals surface area contributed by atoms with Crippen molar-refractivity contribution in [2.24, 2.45) is 23.5 Å². The van der Waals surface area contributed by atoms with Crippen LogP contribution in [0.4, 0.5) is 0 Å². The summed E-state index contributed by atoms with van der Waals surface area (Å²) in [6.45, 7) is 0.963. The first kappa shape index (κ1) is 11.3. The zero-order valence-corrected chi connectivity index (χ0v) is 9.34. The fourth-order valence-corrected chi connectivity index (χ4v) is 2.75. The first-order valence-electron chi connectivity index (χ1n) is 5.90. The van der Waals surface area contributed by atoms with Gasteiger partial charge in [-0.3, -0.25) is 14.5 Å². The Balaban J connectivity index is 1.95. The van der Waals surface area contributed by atoms with Gasteiger partial charge < -0.3 is 5.73 Å². The van der Waals surface area contributed by atoms with E-state index in [0.717, 1.165) is 12.8 Å². The number of hydrogen-bond donors (Lipinski definition) is 1. The number of hydrogen-bond acceptors (Lipinski definition) is 3. The largest absolute Gasteiger partial charge is 0.330 e. The maximum atomic E-state index is 12.1. The molecule has 4 heteroatoms. The third-order valence-electron chi connectivity index (χ3n) is 3.61. The van der Waals surface area contributed by atoms with Crippen LogP contribution in [0.3, 0.4) is 0 Å². The zero-order valence-electron chi connectivity index (χ0n) is 9.34. The smallest absolute Gasteiger partial charge is 0.232 e. The lowest BCUT2D eigenvalue weighted by Gasteiger charge is -2.23. The van der Waals surface area contributed by atoms with Crippen molar-refractivity contribution in [1.29, 1.82) is 0 Å². The van der Waals surface area contributed by atoms with Crippen LogP contribution in [0, 0.1) is 17.8 Å². The summed E-state index contributed by atoms with van der Waals surface area (Å²) in [7, 11) is 0. The Morgan fingerprint density at radius 2 is 2.25 bits per heavy atom. The molecule has 0 aromatic rings. The Hall–Kier alpha value is -1.16. The van der Waals surface area contributed by atoms with Crippen LogP contribution in [0.25, 0.3) is 0 Å². The van der Waals surface area contributed by atoms with Crippen LogP contribution in [0.1, 0.15) is 19.3 Å². The molecule has 0 spiro atoms. The Labute approximate surface area is 95.5 Å². The summed E-state index contributed by atoms with van der Waals surface area (Å²) >= 11 is 0. The third-order valence-corrected chi connectivity index (χ3v) is 3.61. The number of fused-ring (bicyclic) bond motifs is 2. The van der Waals surface area contributed by atoms with E-state index >= 15 is 0 Å². The quantitative estimate of drug-likeness (QED) is 0.545. The Morgan fingerprint density at radius 1 is 1.44 bits per heavy atom. The molecule has 3 atom stereocenters. The summed E-state index contributed by atoms with van der Waals surface area (Å²) in [5.74, 6) is 0.929. The van der Waals surface area contributed by atoms with Crippen molar-refractivity contribution in [3.63, 3.8) is 0 Å². The van der Waals surface area contributed by atoms with Gasteiger partial charge in [-0.05, 0) is 37.6 Å². The number of nitrogens with zero attached hydrogens (tertiary/aromatic N) is 1. The fraction of sp³-hybridized carbons (Fsp3) is 0.667. The Bertz CT molecular complexity index is 314. The molecule has 0 heterocycles. The van der Waals surface area contributed by atoms with E-state index in [4.69, 9.17) is 5.73 Å². The van der Waals surface area contributed by atoms with E-state index in [9.17, 15) is 9.59 Å². The number of amides is 2. The molecular formula is C12H18N2O2. The molecule has 3 unspecified atom stereocenters. The van der Waals surface area contributed by atoms with Crippen LogP contribution in [-0.2, 0) is 9.59 Å². The summed E-state index contributed by atoms with van der Waals surface area (Å²) in [6, 6.07) is 0. The Morgan fingerprint density at radius 3 is 2.75 bits per heavy atom. The Kier molecular flexibility index (Phi) is 3.39. The van der Waals surface area contributed by atoms with E-state index in [2.05, 4.69) is 12.2 Å². The average Bonchev–Trinajstić information content (AvgIpc) is 2.91. The monoisotopic (exact) mass is 222 g/mol. The van der Waals surface area contributed by atoms with Crippen molar-refractivity contribution in [2.75, 3.05) is 13.1 Å². The summed E-state index contributed by atoms with van der Waals surface area (Å²) in [4.78, 5) is 24.3. The van der Waals surface area contributed by atoms with Gasteiger partial charge >= 0.3 is 0 Å². The molecule has 2 rings (SSSR count). The minimum absolute atomic E-state index is 0.0136. The predicted molar refractivity (Wildman–Crippen MR) is 60.3 cm³/mol. The summed E-state index contributed by atoms with van der Waals surface area (Å²) in [6.07, 6.45) is 7.64. The number of nitrogens with two attached hydrogens (primary N) is 1. The second-order valence-corrected chi connectivity index (χ2v) is 4.67. The molecule has 2 bridgehead atoms. The molecule has 88 valence electrons. The third kappa shape index (κ3) is 2.02. The molecule has 0 saturated heterocycles. The highest BCUT2D eigenvalue weighted by Crippen LogP contribution is 2.44. The first-order chi connectivity index (χ1) is 7.76. The van der Waals surface area contributed by atoms with Gasteiger partial charge in [0, 0.05) is 12.5 Å². The van der Waals surface area contributed by atoms with Crippen molar-refractivity contribution in [3.05, 3.63) is 12.2 Å². The molecule has 2 amide bonds. The number of rotatable bonds is 5. The van der Waals surface area contributed by atoms with Gasteiger partial charge in [0.2, 0.25) is 12.3 Å². The van der Waals surface area contributed by atoms with Crippen molar-refractivity contribution in [2.45, 2.75) is 19.3 Å². The zero-order chi connectivity index (χ0) is 11.5. The van der Waals surface area contributed by atoms with Crippen LogP contribution < -0.4 is 5.73 Å². The van der Waals surface area contributed by atoms with E-state index in [1.54, 1.807) is 0 Å². The van der Waals surface area contributed by atoms with E-state index in [0.29, 0.717) is 37.8 Å². The fourth-order valence-electron chi connectivity index (χ4n) is 2.75. The topological polar surface area (TPSA) is 63.4 Å². The van der Waals surface area contributed by atoms with Gasteiger partial charge in [-0.1, -0.05) is 12.2 Å². The van der Waals surface area contributed by atoms with Crippen molar-refractivity contribution in [1.82, 2.24) is 4.90 Å². The van der Waals surface area contributed by atoms with Gasteiger partial charge in [-0.2, -0.15) is 0 Å². The van der Waals surface area contributed by atoms with Crippen LogP contribution in [0.5, 0.6) is 0 Å². The van der Waals surface area contributed by atoms with Crippen LogP contribution in [0.15, 0.2) is 12.2 Å². The lowest BCUT2D eigenvalue weighted by molar-refractivity contribution is -0.142. The molecular weight excluding hydrogens is 204 g/mol. The minimum Gasteiger partial charge on any atom is -0.330 e. The molecule has 2 N–H and O–H groups in total. The highest BCUT2D eigenvalue weighted by atomic mass is 16.2. The normalized spacial score (nSPS) is 30.7. The van der Waals surface area contributed by atoms with Gasteiger partial charge in [0.1, 0.15) is 0 Å². The standard InChI is InChI=1S/C12H18N2O2/c13-4-1-5-14(8-15)12(16)11-7-9-2-3-10(11)6-9/h2-3,8-11H,1,4-7,13H2. The van der Waals surface area contributed by atoms with Gasteiger partial charge in [0.05, 0.1) is 0 Å². The van der Waals surface area contributed by atoms with E-state index in [1.807, 2.05) is 0 Å². The van der Waals surface area contributed by atoms with Crippen molar-refractivity contribution >= 4 is 12.3 Å². The number of imide groups is 1. The molecule has 4 nitrogen and oxygen atoms in total. The second kappa shape index (κ2) is 4.78. The molecule has 0 aliphatic heterocycles. The van der Waals surface area contributed by atoms with Crippen LogP contribution in [0.2, 0.25) is 0 Å². The average molecular weight is 222 g/mol. The number of carbonyl (C=O) groups is 2.